The predicted molar refractivity (Wildman–Crippen MR) is 69.1 cm³/mol. The van der Waals surface area contributed by atoms with E-state index in [1.807, 2.05) is 12.1 Å². The maximum absolute atomic E-state index is 11.3. The Morgan fingerprint density at radius 1 is 1.44 bits per heavy atom. The highest BCUT2D eigenvalue weighted by molar-refractivity contribution is 5.83. The quantitative estimate of drug-likeness (QED) is 0.837. The molecule has 1 N–H and O–H groups in total. The summed E-state index contributed by atoms with van der Waals surface area (Å²) in [5.41, 5.74) is 2.45. The maximum atomic E-state index is 11.3. The van der Waals surface area contributed by atoms with Crippen molar-refractivity contribution < 1.29 is 9.53 Å². The second kappa shape index (κ2) is 4.46. The molecule has 4 nitrogen and oxygen atoms in total. The lowest BCUT2D eigenvalue weighted by atomic mass is 9.99. The highest BCUT2D eigenvalue weighted by atomic mass is 16.5. The van der Waals surface area contributed by atoms with E-state index < -0.39 is 0 Å². The number of aromatic amines is 1. The zero-order valence-corrected chi connectivity index (χ0v) is 10.3. The van der Waals surface area contributed by atoms with Crippen molar-refractivity contribution in [3.63, 3.8) is 0 Å². The van der Waals surface area contributed by atoms with Gasteiger partial charge in [0.25, 0.3) is 0 Å². The number of para-hydroxylation sites is 1. The van der Waals surface area contributed by atoms with E-state index in [0.717, 1.165) is 25.2 Å². The Bertz CT molecular complexity index is 570. The van der Waals surface area contributed by atoms with Crippen molar-refractivity contribution in [3.05, 3.63) is 36.0 Å². The van der Waals surface area contributed by atoms with Crippen molar-refractivity contribution in [2.75, 3.05) is 20.2 Å². The molecule has 1 aromatic carbocycles. The number of nitrogens with zero attached hydrogens (tertiary/aromatic N) is 1. The minimum atomic E-state index is -0.0924. The standard InChI is InChI=1S/C14H16N2O2/c1-18-14(17)11-8-16(9-11)7-10-6-15-13-5-3-2-4-12(10)13/h2-6,11,15H,7-9H2,1H3. The van der Waals surface area contributed by atoms with Crippen molar-refractivity contribution in [1.29, 1.82) is 0 Å². The molecule has 0 radical (unpaired) electrons. The molecule has 1 saturated heterocycles. The molecule has 1 fully saturated rings. The first-order valence-electron chi connectivity index (χ1n) is 6.13. The number of nitrogens with one attached hydrogen (secondary N) is 1. The van der Waals surface area contributed by atoms with Gasteiger partial charge in [0, 0.05) is 36.7 Å². The molecule has 1 aliphatic rings. The monoisotopic (exact) mass is 244 g/mol. The second-order valence-corrected chi connectivity index (χ2v) is 4.77. The molecule has 2 heterocycles. The summed E-state index contributed by atoms with van der Waals surface area (Å²) < 4.78 is 4.74. The largest absolute Gasteiger partial charge is 0.469 e. The fraction of sp³-hybridized carbons (Fsp3) is 0.357. The molecule has 0 bridgehead atoms. The number of aromatic nitrogens is 1. The number of carbonyl (C=O) groups is 1. The van der Waals surface area contributed by atoms with Crippen LogP contribution in [0.5, 0.6) is 0 Å². The van der Waals surface area contributed by atoms with Gasteiger partial charge in [-0.05, 0) is 11.6 Å². The van der Waals surface area contributed by atoms with E-state index in [2.05, 4.69) is 28.2 Å². The molecule has 0 aliphatic carbocycles. The van der Waals surface area contributed by atoms with E-state index in [1.54, 1.807) is 0 Å². The smallest absolute Gasteiger partial charge is 0.311 e. The van der Waals surface area contributed by atoms with E-state index in [9.17, 15) is 4.79 Å². The number of methoxy groups -OCH3 is 1. The van der Waals surface area contributed by atoms with Gasteiger partial charge in [-0.3, -0.25) is 9.69 Å². The molecule has 0 saturated carbocycles. The first-order chi connectivity index (χ1) is 8.78. The summed E-state index contributed by atoms with van der Waals surface area (Å²) in [6.07, 6.45) is 2.05. The molecule has 18 heavy (non-hydrogen) atoms. The first-order valence-corrected chi connectivity index (χ1v) is 6.13. The van der Waals surface area contributed by atoms with Gasteiger partial charge in [-0.1, -0.05) is 18.2 Å². The van der Waals surface area contributed by atoms with Gasteiger partial charge in [-0.15, -0.1) is 0 Å². The number of hydrogen-bond acceptors (Lipinski definition) is 3. The average molecular weight is 244 g/mol. The van der Waals surface area contributed by atoms with E-state index >= 15 is 0 Å². The van der Waals surface area contributed by atoms with Crippen LogP contribution in [0.2, 0.25) is 0 Å². The van der Waals surface area contributed by atoms with Gasteiger partial charge in [-0.25, -0.2) is 0 Å². The van der Waals surface area contributed by atoms with Crippen LogP contribution in [-0.4, -0.2) is 36.1 Å². The minimum absolute atomic E-state index is 0.0557. The van der Waals surface area contributed by atoms with E-state index in [1.165, 1.54) is 18.1 Å². The summed E-state index contributed by atoms with van der Waals surface area (Å²) >= 11 is 0. The molecule has 1 aromatic heterocycles. The topological polar surface area (TPSA) is 45.3 Å². The fourth-order valence-electron chi connectivity index (χ4n) is 2.52. The van der Waals surface area contributed by atoms with Crippen molar-refractivity contribution in [2.24, 2.45) is 5.92 Å². The average Bonchev–Trinajstić information content (AvgIpc) is 2.76. The van der Waals surface area contributed by atoms with Crippen LogP contribution in [0.1, 0.15) is 5.56 Å². The Labute approximate surface area is 106 Å². The van der Waals surface area contributed by atoms with Gasteiger partial charge >= 0.3 is 5.97 Å². The third-order valence-corrected chi connectivity index (χ3v) is 3.56. The van der Waals surface area contributed by atoms with Crippen LogP contribution in [0.4, 0.5) is 0 Å². The molecule has 0 spiro atoms. The third kappa shape index (κ3) is 1.88. The summed E-state index contributed by atoms with van der Waals surface area (Å²) in [6.45, 7) is 2.48. The van der Waals surface area contributed by atoms with Crippen molar-refractivity contribution >= 4 is 16.9 Å². The number of ether oxygens (including phenoxy) is 1. The molecule has 94 valence electrons. The summed E-state index contributed by atoms with van der Waals surface area (Å²) in [7, 11) is 1.45. The van der Waals surface area contributed by atoms with Gasteiger partial charge < -0.3 is 9.72 Å². The number of carbonyl (C=O) groups excluding carboxylic acids is 1. The number of esters is 1. The number of H-pyrrole nitrogens is 1. The highest BCUT2D eigenvalue weighted by Gasteiger charge is 2.33. The van der Waals surface area contributed by atoms with Gasteiger partial charge in [0.2, 0.25) is 0 Å². The molecular weight excluding hydrogens is 228 g/mol. The fourth-order valence-corrected chi connectivity index (χ4v) is 2.52. The Kier molecular flexibility index (Phi) is 2.80. The number of fused-ring (bicyclic) bond motifs is 1. The van der Waals surface area contributed by atoms with Gasteiger partial charge in [-0.2, -0.15) is 0 Å². The molecule has 4 heteroatoms. The Hall–Kier alpha value is -1.81. The Morgan fingerprint density at radius 2 is 2.22 bits per heavy atom. The zero-order chi connectivity index (χ0) is 12.5. The SMILES string of the molecule is COC(=O)C1CN(Cc2c[nH]c3ccccc23)C1. The summed E-state index contributed by atoms with van der Waals surface area (Å²) in [5, 5.41) is 1.26. The third-order valence-electron chi connectivity index (χ3n) is 3.56. The second-order valence-electron chi connectivity index (χ2n) is 4.77. The number of rotatable bonds is 3. The van der Waals surface area contributed by atoms with Gasteiger partial charge in [0.05, 0.1) is 13.0 Å². The van der Waals surface area contributed by atoms with Crippen LogP contribution in [0.3, 0.4) is 0 Å². The lowest BCUT2D eigenvalue weighted by Gasteiger charge is -2.37. The molecule has 0 atom stereocenters. The van der Waals surface area contributed by atoms with Crippen LogP contribution < -0.4 is 0 Å². The Morgan fingerprint density at radius 3 is 3.00 bits per heavy atom. The van der Waals surface area contributed by atoms with E-state index in [-0.39, 0.29) is 11.9 Å². The van der Waals surface area contributed by atoms with Gasteiger partial charge in [0.15, 0.2) is 0 Å². The number of hydrogen-bond donors (Lipinski definition) is 1. The molecule has 0 unspecified atom stereocenters. The normalized spacial score (nSPS) is 16.7. The van der Waals surface area contributed by atoms with Crippen LogP contribution in [0, 0.1) is 5.92 Å². The number of likely N-dealkylation sites (tertiary alicyclic amines) is 1. The molecule has 1 aliphatic heterocycles. The molecule has 3 rings (SSSR count). The first kappa shape index (κ1) is 11.3. The van der Waals surface area contributed by atoms with Crippen LogP contribution >= 0.6 is 0 Å². The Balaban J connectivity index is 1.66. The molecule has 0 amide bonds. The van der Waals surface area contributed by atoms with E-state index in [4.69, 9.17) is 4.74 Å². The molecule has 2 aromatic rings. The van der Waals surface area contributed by atoms with Crippen LogP contribution in [0.15, 0.2) is 30.5 Å². The predicted octanol–water partition coefficient (Wildman–Crippen LogP) is 1.77. The minimum Gasteiger partial charge on any atom is -0.469 e. The lowest BCUT2D eigenvalue weighted by Crippen LogP contribution is -2.49. The van der Waals surface area contributed by atoms with Crippen LogP contribution in [-0.2, 0) is 16.1 Å². The summed E-state index contributed by atoms with van der Waals surface area (Å²) in [4.78, 5) is 16.8. The lowest BCUT2D eigenvalue weighted by molar-refractivity contribution is -0.151. The summed E-state index contributed by atoms with van der Waals surface area (Å²) in [6, 6.07) is 8.28. The summed E-state index contributed by atoms with van der Waals surface area (Å²) in [5.74, 6) is -0.0367. The zero-order valence-electron chi connectivity index (χ0n) is 10.3. The van der Waals surface area contributed by atoms with Crippen molar-refractivity contribution in [3.8, 4) is 0 Å². The molecular formula is C14H16N2O2. The van der Waals surface area contributed by atoms with Gasteiger partial charge in [0.1, 0.15) is 0 Å². The highest BCUT2D eigenvalue weighted by Crippen LogP contribution is 2.24. The number of benzene rings is 1. The maximum Gasteiger partial charge on any atom is 0.311 e. The van der Waals surface area contributed by atoms with Crippen LogP contribution in [0.25, 0.3) is 10.9 Å². The van der Waals surface area contributed by atoms with Crippen molar-refractivity contribution in [2.45, 2.75) is 6.54 Å². The van der Waals surface area contributed by atoms with Crippen molar-refractivity contribution in [1.82, 2.24) is 9.88 Å². The van der Waals surface area contributed by atoms with E-state index in [0.29, 0.717) is 0 Å².